The van der Waals surface area contributed by atoms with Crippen LogP contribution >= 0.6 is 15.9 Å². The highest BCUT2D eigenvalue weighted by Gasteiger charge is 2.07. The SMILES string of the molecule is Cc1cc(NC(=O)c2cccc(C#N)c2)ccc1Br. The number of aryl methyl sites for hydroxylation is 1. The van der Waals surface area contributed by atoms with Gasteiger partial charge in [0.05, 0.1) is 11.6 Å². The predicted octanol–water partition coefficient (Wildman–Crippen LogP) is 3.88. The number of nitriles is 1. The van der Waals surface area contributed by atoms with E-state index in [2.05, 4.69) is 21.2 Å². The fraction of sp³-hybridized carbons (Fsp3) is 0.0667. The van der Waals surface area contributed by atoms with Crippen LogP contribution in [-0.2, 0) is 0 Å². The first-order chi connectivity index (χ1) is 9.10. The van der Waals surface area contributed by atoms with E-state index in [1.165, 1.54) is 0 Å². The van der Waals surface area contributed by atoms with Crippen molar-refractivity contribution in [1.82, 2.24) is 0 Å². The highest BCUT2D eigenvalue weighted by Crippen LogP contribution is 2.20. The molecule has 0 fully saturated rings. The number of anilines is 1. The quantitative estimate of drug-likeness (QED) is 0.914. The molecular formula is C15H11BrN2O. The molecule has 0 radical (unpaired) electrons. The Hall–Kier alpha value is -2.12. The van der Waals surface area contributed by atoms with Crippen molar-refractivity contribution in [2.24, 2.45) is 0 Å². The van der Waals surface area contributed by atoms with Gasteiger partial charge >= 0.3 is 0 Å². The summed E-state index contributed by atoms with van der Waals surface area (Å²) in [6.07, 6.45) is 0. The molecule has 0 saturated heterocycles. The molecule has 2 aromatic rings. The molecule has 0 heterocycles. The minimum Gasteiger partial charge on any atom is -0.322 e. The molecule has 0 atom stereocenters. The molecule has 2 rings (SSSR count). The van der Waals surface area contributed by atoms with E-state index in [0.717, 1.165) is 15.7 Å². The molecule has 3 nitrogen and oxygen atoms in total. The molecule has 1 amide bonds. The Labute approximate surface area is 120 Å². The highest BCUT2D eigenvalue weighted by molar-refractivity contribution is 9.10. The zero-order valence-electron chi connectivity index (χ0n) is 10.3. The van der Waals surface area contributed by atoms with E-state index in [4.69, 9.17) is 5.26 Å². The van der Waals surface area contributed by atoms with Crippen LogP contribution in [-0.4, -0.2) is 5.91 Å². The van der Waals surface area contributed by atoms with E-state index in [0.29, 0.717) is 11.1 Å². The summed E-state index contributed by atoms with van der Waals surface area (Å²) >= 11 is 3.41. The predicted molar refractivity (Wildman–Crippen MR) is 78.0 cm³/mol. The number of amides is 1. The molecular weight excluding hydrogens is 304 g/mol. The minimum absolute atomic E-state index is 0.223. The standard InChI is InChI=1S/C15H11BrN2O/c1-10-7-13(5-6-14(10)16)18-15(19)12-4-2-3-11(8-12)9-17/h2-8H,1H3,(H,18,19). The van der Waals surface area contributed by atoms with Crippen molar-refractivity contribution in [2.75, 3.05) is 5.32 Å². The number of rotatable bonds is 2. The zero-order chi connectivity index (χ0) is 13.8. The molecule has 0 spiro atoms. The zero-order valence-corrected chi connectivity index (χ0v) is 11.9. The van der Waals surface area contributed by atoms with Crippen LogP contribution in [0.1, 0.15) is 21.5 Å². The van der Waals surface area contributed by atoms with Crippen molar-refractivity contribution < 1.29 is 4.79 Å². The lowest BCUT2D eigenvalue weighted by atomic mass is 10.1. The Morgan fingerprint density at radius 3 is 2.74 bits per heavy atom. The lowest BCUT2D eigenvalue weighted by Gasteiger charge is -2.07. The lowest BCUT2D eigenvalue weighted by molar-refractivity contribution is 0.102. The first kappa shape index (κ1) is 13.3. The third-order valence-corrected chi connectivity index (χ3v) is 3.56. The number of nitrogens with one attached hydrogen (secondary N) is 1. The van der Waals surface area contributed by atoms with Crippen molar-refractivity contribution >= 4 is 27.5 Å². The fourth-order valence-electron chi connectivity index (χ4n) is 1.66. The second-order valence-electron chi connectivity index (χ2n) is 4.11. The number of hydrogen-bond donors (Lipinski definition) is 1. The van der Waals surface area contributed by atoms with Gasteiger partial charge in [-0.2, -0.15) is 5.26 Å². The van der Waals surface area contributed by atoms with Gasteiger partial charge < -0.3 is 5.32 Å². The molecule has 1 N–H and O–H groups in total. The van der Waals surface area contributed by atoms with Crippen LogP contribution in [0.3, 0.4) is 0 Å². The van der Waals surface area contributed by atoms with Crippen molar-refractivity contribution in [3.05, 3.63) is 63.6 Å². The van der Waals surface area contributed by atoms with Crippen LogP contribution in [0.2, 0.25) is 0 Å². The maximum absolute atomic E-state index is 12.0. The number of nitrogens with zero attached hydrogens (tertiary/aromatic N) is 1. The fourth-order valence-corrected chi connectivity index (χ4v) is 1.90. The Balaban J connectivity index is 2.21. The van der Waals surface area contributed by atoms with Gasteiger partial charge in [-0.15, -0.1) is 0 Å². The average molecular weight is 315 g/mol. The normalized spacial score (nSPS) is 9.74. The number of benzene rings is 2. The van der Waals surface area contributed by atoms with E-state index in [1.54, 1.807) is 24.3 Å². The van der Waals surface area contributed by atoms with E-state index < -0.39 is 0 Å². The van der Waals surface area contributed by atoms with E-state index in [-0.39, 0.29) is 5.91 Å². The third kappa shape index (κ3) is 3.21. The van der Waals surface area contributed by atoms with E-state index in [1.807, 2.05) is 31.2 Å². The Kier molecular flexibility index (Phi) is 3.98. The summed E-state index contributed by atoms with van der Waals surface area (Å²) in [5, 5.41) is 11.6. The molecule has 94 valence electrons. The van der Waals surface area contributed by atoms with Gasteiger partial charge in [0.15, 0.2) is 0 Å². The van der Waals surface area contributed by atoms with E-state index in [9.17, 15) is 4.79 Å². The Bertz CT molecular complexity index is 674. The summed E-state index contributed by atoms with van der Waals surface area (Å²) in [5.74, 6) is -0.223. The number of carbonyl (C=O) groups excluding carboxylic acids is 1. The Morgan fingerprint density at radius 1 is 1.26 bits per heavy atom. The lowest BCUT2D eigenvalue weighted by Crippen LogP contribution is -2.12. The average Bonchev–Trinajstić information content (AvgIpc) is 2.43. The minimum atomic E-state index is -0.223. The summed E-state index contributed by atoms with van der Waals surface area (Å²) in [5.41, 5.74) is 2.72. The van der Waals surface area contributed by atoms with Gasteiger partial charge in [-0.05, 0) is 48.9 Å². The second-order valence-corrected chi connectivity index (χ2v) is 4.97. The molecule has 0 aromatic heterocycles. The molecule has 0 aliphatic rings. The molecule has 19 heavy (non-hydrogen) atoms. The maximum atomic E-state index is 12.0. The largest absolute Gasteiger partial charge is 0.322 e. The van der Waals surface area contributed by atoms with E-state index >= 15 is 0 Å². The van der Waals surface area contributed by atoms with Gasteiger partial charge in [-0.3, -0.25) is 4.79 Å². The van der Waals surface area contributed by atoms with Crippen molar-refractivity contribution in [3.63, 3.8) is 0 Å². The van der Waals surface area contributed by atoms with Crippen molar-refractivity contribution in [2.45, 2.75) is 6.92 Å². The van der Waals surface area contributed by atoms with Crippen molar-refractivity contribution in [1.29, 1.82) is 5.26 Å². The number of hydrogen-bond acceptors (Lipinski definition) is 2. The molecule has 0 saturated carbocycles. The molecule has 0 aliphatic carbocycles. The first-order valence-electron chi connectivity index (χ1n) is 5.68. The number of carbonyl (C=O) groups is 1. The monoisotopic (exact) mass is 314 g/mol. The summed E-state index contributed by atoms with van der Waals surface area (Å²) < 4.78 is 0.997. The van der Waals surface area contributed by atoms with Crippen LogP contribution in [0.25, 0.3) is 0 Å². The first-order valence-corrected chi connectivity index (χ1v) is 6.47. The number of halogens is 1. The van der Waals surface area contributed by atoms with Crippen LogP contribution in [0.4, 0.5) is 5.69 Å². The summed E-state index contributed by atoms with van der Waals surface area (Å²) in [6.45, 7) is 1.95. The highest BCUT2D eigenvalue weighted by atomic mass is 79.9. The van der Waals surface area contributed by atoms with Gasteiger partial charge in [0, 0.05) is 15.7 Å². The van der Waals surface area contributed by atoms with Crippen LogP contribution < -0.4 is 5.32 Å². The van der Waals surface area contributed by atoms with Gasteiger partial charge in [-0.25, -0.2) is 0 Å². The second kappa shape index (κ2) is 5.68. The van der Waals surface area contributed by atoms with Crippen LogP contribution in [0.5, 0.6) is 0 Å². The molecule has 0 bridgehead atoms. The van der Waals surface area contributed by atoms with Gasteiger partial charge in [0.2, 0.25) is 0 Å². The topological polar surface area (TPSA) is 52.9 Å². The van der Waals surface area contributed by atoms with Gasteiger partial charge in [-0.1, -0.05) is 22.0 Å². The van der Waals surface area contributed by atoms with Gasteiger partial charge in [0.1, 0.15) is 0 Å². The van der Waals surface area contributed by atoms with Crippen LogP contribution in [0.15, 0.2) is 46.9 Å². The maximum Gasteiger partial charge on any atom is 0.255 e. The molecule has 2 aromatic carbocycles. The summed E-state index contributed by atoms with van der Waals surface area (Å²) in [6, 6.07) is 14.2. The smallest absolute Gasteiger partial charge is 0.255 e. The molecule has 0 aliphatic heterocycles. The van der Waals surface area contributed by atoms with Crippen molar-refractivity contribution in [3.8, 4) is 6.07 Å². The van der Waals surface area contributed by atoms with Crippen LogP contribution in [0, 0.1) is 18.3 Å². The summed E-state index contributed by atoms with van der Waals surface area (Å²) in [7, 11) is 0. The summed E-state index contributed by atoms with van der Waals surface area (Å²) in [4.78, 5) is 12.0. The van der Waals surface area contributed by atoms with Gasteiger partial charge in [0.25, 0.3) is 5.91 Å². The molecule has 4 heteroatoms. The third-order valence-electron chi connectivity index (χ3n) is 2.67. The molecule has 0 unspecified atom stereocenters. The Morgan fingerprint density at radius 2 is 2.05 bits per heavy atom.